The van der Waals surface area contributed by atoms with Gasteiger partial charge in [0, 0.05) is 12.1 Å². The van der Waals surface area contributed by atoms with E-state index < -0.39 is 0 Å². The van der Waals surface area contributed by atoms with Crippen molar-refractivity contribution in [2.75, 3.05) is 6.61 Å². The van der Waals surface area contributed by atoms with Crippen molar-refractivity contribution in [2.24, 2.45) is 5.73 Å². The molecule has 1 fully saturated rings. The molecule has 2 rings (SSSR count). The lowest BCUT2D eigenvalue weighted by Gasteiger charge is -2.08. The van der Waals surface area contributed by atoms with E-state index in [1.807, 2.05) is 0 Å². The Labute approximate surface area is 91.1 Å². The molecule has 1 aromatic rings. The molecular formula is C13H19NO. The third-order valence-electron chi connectivity index (χ3n) is 3.23. The van der Waals surface area contributed by atoms with Gasteiger partial charge in [0.2, 0.25) is 0 Å². The third kappa shape index (κ3) is 3.05. The average molecular weight is 205 g/mol. The van der Waals surface area contributed by atoms with Crippen molar-refractivity contribution in [3.8, 4) is 0 Å². The Kier molecular flexibility index (Phi) is 3.08. The summed E-state index contributed by atoms with van der Waals surface area (Å²) < 4.78 is 0. The van der Waals surface area contributed by atoms with E-state index in [2.05, 4.69) is 24.3 Å². The molecule has 0 atom stereocenters. The summed E-state index contributed by atoms with van der Waals surface area (Å²) in [6, 6.07) is 8.50. The predicted molar refractivity (Wildman–Crippen MR) is 61.7 cm³/mol. The normalized spacial score (nSPS) is 17.7. The first-order valence-electron chi connectivity index (χ1n) is 5.69. The van der Waals surface area contributed by atoms with E-state index in [1.54, 1.807) is 0 Å². The van der Waals surface area contributed by atoms with Crippen LogP contribution in [-0.2, 0) is 12.8 Å². The smallest absolute Gasteiger partial charge is 0.0471 e. The van der Waals surface area contributed by atoms with Crippen LogP contribution in [0.2, 0.25) is 0 Å². The van der Waals surface area contributed by atoms with E-state index in [4.69, 9.17) is 10.8 Å². The van der Waals surface area contributed by atoms with Gasteiger partial charge in [-0.2, -0.15) is 0 Å². The van der Waals surface area contributed by atoms with Gasteiger partial charge in [0.1, 0.15) is 0 Å². The van der Waals surface area contributed by atoms with Crippen LogP contribution in [0.15, 0.2) is 24.3 Å². The first-order chi connectivity index (χ1) is 7.22. The monoisotopic (exact) mass is 205 g/mol. The van der Waals surface area contributed by atoms with Gasteiger partial charge in [-0.3, -0.25) is 0 Å². The highest BCUT2D eigenvalue weighted by molar-refractivity contribution is 5.23. The fraction of sp³-hybridized carbons (Fsp3) is 0.538. The molecule has 82 valence electrons. The third-order valence-corrected chi connectivity index (χ3v) is 3.23. The van der Waals surface area contributed by atoms with Gasteiger partial charge in [0.05, 0.1) is 0 Å². The summed E-state index contributed by atoms with van der Waals surface area (Å²) in [5.74, 6) is 0. The summed E-state index contributed by atoms with van der Waals surface area (Å²) >= 11 is 0. The maximum absolute atomic E-state index is 8.79. The molecule has 1 aromatic carbocycles. The van der Waals surface area contributed by atoms with E-state index >= 15 is 0 Å². The molecule has 0 heterocycles. The Morgan fingerprint density at radius 3 is 2.07 bits per heavy atom. The molecule has 0 saturated heterocycles. The van der Waals surface area contributed by atoms with Crippen molar-refractivity contribution in [1.82, 2.24) is 0 Å². The maximum atomic E-state index is 8.79. The van der Waals surface area contributed by atoms with Crippen LogP contribution in [0.25, 0.3) is 0 Å². The number of hydrogen-bond acceptors (Lipinski definition) is 2. The topological polar surface area (TPSA) is 46.2 Å². The van der Waals surface area contributed by atoms with Crippen LogP contribution in [0.1, 0.15) is 30.4 Å². The van der Waals surface area contributed by atoms with Gasteiger partial charge in [-0.25, -0.2) is 0 Å². The number of rotatable bonds is 5. The van der Waals surface area contributed by atoms with E-state index in [-0.39, 0.29) is 12.1 Å². The van der Waals surface area contributed by atoms with E-state index in [1.165, 1.54) is 24.0 Å². The fourth-order valence-electron chi connectivity index (χ4n) is 1.81. The molecule has 0 aromatic heterocycles. The zero-order valence-corrected chi connectivity index (χ0v) is 9.08. The van der Waals surface area contributed by atoms with E-state index in [0.29, 0.717) is 0 Å². The Morgan fingerprint density at radius 1 is 1.07 bits per heavy atom. The van der Waals surface area contributed by atoms with Gasteiger partial charge in [-0.05, 0) is 43.2 Å². The summed E-state index contributed by atoms with van der Waals surface area (Å²) in [7, 11) is 0. The molecule has 1 aliphatic rings. The first-order valence-corrected chi connectivity index (χ1v) is 5.69. The summed E-state index contributed by atoms with van der Waals surface area (Å²) in [5, 5.41) is 8.79. The molecule has 0 aliphatic heterocycles. The van der Waals surface area contributed by atoms with Crippen molar-refractivity contribution in [2.45, 2.75) is 37.6 Å². The molecule has 1 saturated carbocycles. The van der Waals surface area contributed by atoms with Crippen LogP contribution in [0, 0.1) is 0 Å². The summed E-state index contributed by atoms with van der Waals surface area (Å²) in [5.41, 5.74) is 8.75. The Morgan fingerprint density at radius 2 is 1.60 bits per heavy atom. The van der Waals surface area contributed by atoms with Crippen LogP contribution >= 0.6 is 0 Å². The summed E-state index contributed by atoms with van der Waals surface area (Å²) in [6.45, 7) is 0.227. The molecule has 0 spiro atoms. The van der Waals surface area contributed by atoms with Crippen LogP contribution in [-0.4, -0.2) is 17.3 Å². The number of nitrogens with two attached hydrogens (primary N) is 1. The van der Waals surface area contributed by atoms with Gasteiger partial charge in [0.25, 0.3) is 0 Å². The minimum absolute atomic E-state index is 0.157. The molecule has 0 radical (unpaired) electrons. The van der Waals surface area contributed by atoms with Crippen LogP contribution in [0.5, 0.6) is 0 Å². The number of hydrogen-bond donors (Lipinski definition) is 2. The highest BCUT2D eigenvalue weighted by atomic mass is 16.2. The van der Waals surface area contributed by atoms with E-state index in [0.717, 1.165) is 19.3 Å². The van der Waals surface area contributed by atoms with Gasteiger partial charge in [-0.15, -0.1) is 0 Å². The van der Waals surface area contributed by atoms with Gasteiger partial charge in [0.15, 0.2) is 0 Å². The minimum atomic E-state index is 0.157. The molecule has 2 nitrogen and oxygen atoms in total. The van der Waals surface area contributed by atoms with Crippen molar-refractivity contribution in [1.29, 1.82) is 0 Å². The van der Waals surface area contributed by atoms with Crippen LogP contribution < -0.4 is 5.73 Å². The lowest BCUT2D eigenvalue weighted by molar-refractivity contribution is 0.299. The van der Waals surface area contributed by atoms with Gasteiger partial charge >= 0.3 is 0 Å². The summed E-state index contributed by atoms with van der Waals surface area (Å²) in [4.78, 5) is 0. The SMILES string of the molecule is NC1(CCc2ccc(CCO)cc2)CC1. The molecule has 15 heavy (non-hydrogen) atoms. The van der Waals surface area contributed by atoms with Gasteiger partial charge in [-0.1, -0.05) is 24.3 Å². The second-order valence-corrected chi connectivity index (χ2v) is 4.65. The van der Waals surface area contributed by atoms with Gasteiger partial charge < -0.3 is 10.8 Å². The lowest BCUT2D eigenvalue weighted by atomic mass is 10.0. The molecule has 0 bridgehead atoms. The number of benzene rings is 1. The fourth-order valence-corrected chi connectivity index (χ4v) is 1.81. The summed E-state index contributed by atoms with van der Waals surface area (Å²) in [6.07, 6.45) is 5.31. The highest BCUT2D eigenvalue weighted by Crippen LogP contribution is 2.36. The lowest BCUT2D eigenvalue weighted by Crippen LogP contribution is -2.22. The first kappa shape index (κ1) is 10.7. The molecular weight excluding hydrogens is 186 g/mol. The zero-order valence-electron chi connectivity index (χ0n) is 9.08. The molecule has 1 aliphatic carbocycles. The molecule has 3 N–H and O–H groups in total. The Bertz CT molecular complexity index is 314. The standard InChI is InChI=1S/C13H19NO/c14-13(8-9-13)7-5-11-1-3-12(4-2-11)6-10-15/h1-4,15H,5-10,14H2. The molecule has 2 heteroatoms. The quantitative estimate of drug-likeness (QED) is 0.767. The van der Waals surface area contributed by atoms with Crippen molar-refractivity contribution in [3.63, 3.8) is 0 Å². The van der Waals surface area contributed by atoms with E-state index in [9.17, 15) is 0 Å². The van der Waals surface area contributed by atoms with Crippen molar-refractivity contribution < 1.29 is 5.11 Å². The van der Waals surface area contributed by atoms with Crippen LogP contribution in [0.3, 0.4) is 0 Å². The Balaban J connectivity index is 1.86. The predicted octanol–water partition coefficient (Wildman–Crippen LogP) is 1.65. The average Bonchev–Trinajstić information content (AvgIpc) is 2.97. The van der Waals surface area contributed by atoms with Crippen molar-refractivity contribution in [3.05, 3.63) is 35.4 Å². The highest BCUT2D eigenvalue weighted by Gasteiger charge is 2.37. The molecule has 0 amide bonds. The number of aryl methyl sites for hydroxylation is 1. The largest absolute Gasteiger partial charge is 0.396 e. The number of aliphatic hydroxyl groups excluding tert-OH is 1. The molecule has 0 unspecified atom stereocenters. The number of aliphatic hydroxyl groups is 1. The maximum Gasteiger partial charge on any atom is 0.0471 e. The zero-order chi connectivity index (χ0) is 10.7. The second kappa shape index (κ2) is 4.33. The second-order valence-electron chi connectivity index (χ2n) is 4.65. The minimum Gasteiger partial charge on any atom is -0.396 e. The Hall–Kier alpha value is -0.860. The van der Waals surface area contributed by atoms with Crippen molar-refractivity contribution >= 4 is 0 Å². The van der Waals surface area contributed by atoms with Crippen LogP contribution in [0.4, 0.5) is 0 Å².